The fourth-order valence-electron chi connectivity index (χ4n) is 2.05. The highest BCUT2D eigenvalue weighted by Crippen LogP contribution is 2.29. The SMILES string of the molecule is COCCOc1nc(N)nc2ccc(-c3ccco3)cc12. The molecule has 0 bridgehead atoms. The molecule has 0 atom stereocenters. The third-order valence-corrected chi connectivity index (χ3v) is 3.01. The van der Waals surface area contributed by atoms with Gasteiger partial charge in [0.2, 0.25) is 11.8 Å². The Hall–Kier alpha value is -2.60. The first-order valence-electron chi connectivity index (χ1n) is 6.51. The Bertz CT molecular complexity index is 741. The van der Waals surface area contributed by atoms with Gasteiger partial charge in [0, 0.05) is 12.7 Å². The predicted octanol–water partition coefficient (Wildman–Crippen LogP) is 2.50. The number of benzene rings is 1. The van der Waals surface area contributed by atoms with Crippen LogP contribution in [0.15, 0.2) is 41.0 Å². The molecule has 3 rings (SSSR count). The lowest BCUT2D eigenvalue weighted by molar-refractivity contribution is 0.144. The first kappa shape index (κ1) is 13.4. The summed E-state index contributed by atoms with van der Waals surface area (Å²) >= 11 is 0. The van der Waals surface area contributed by atoms with Crippen LogP contribution in [0.3, 0.4) is 0 Å². The van der Waals surface area contributed by atoms with Crippen molar-refractivity contribution in [1.29, 1.82) is 0 Å². The summed E-state index contributed by atoms with van der Waals surface area (Å²) in [6, 6.07) is 9.45. The van der Waals surface area contributed by atoms with Crippen LogP contribution in [0, 0.1) is 0 Å². The standard InChI is InChI=1S/C15H15N3O3/c1-19-7-8-21-14-11-9-10(13-3-2-6-20-13)4-5-12(11)17-15(16)18-14/h2-6,9H,7-8H2,1H3,(H2,16,17,18). The molecule has 0 amide bonds. The van der Waals surface area contributed by atoms with Gasteiger partial charge < -0.3 is 19.6 Å². The second kappa shape index (κ2) is 5.80. The summed E-state index contributed by atoms with van der Waals surface area (Å²) in [5.74, 6) is 1.40. The van der Waals surface area contributed by atoms with Crippen LogP contribution in [0.2, 0.25) is 0 Å². The van der Waals surface area contributed by atoms with Crippen molar-refractivity contribution in [2.45, 2.75) is 0 Å². The fraction of sp³-hybridized carbons (Fsp3) is 0.200. The molecule has 2 heterocycles. The van der Waals surface area contributed by atoms with Gasteiger partial charge in [-0.3, -0.25) is 0 Å². The minimum absolute atomic E-state index is 0.181. The van der Waals surface area contributed by atoms with Crippen LogP contribution in [-0.2, 0) is 4.74 Å². The van der Waals surface area contributed by atoms with Crippen molar-refractivity contribution >= 4 is 16.9 Å². The largest absolute Gasteiger partial charge is 0.475 e. The summed E-state index contributed by atoms with van der Waals surface area (Å²) in [6.07, 6.45) is 1.63. The zero-order chi connectivity index (χ0) is 14.7. The fourth-order valence-corrected chi connectivity index (χ4v) is 2.05. The van der Waals surface area contributed by atoms with Crippen molar-refractivity contribution in [3.63, 3.8) is 0 Å². The number of nitrogens with two attached hydrogens (primary N) is 1. The van der Waals surface area contributed by atoms with Gasteiger partial charge in [0.25, 0.3) is 0 Å². The summed E-state index contributed by atoms with van der Waals surface area (Å²) in [6.45, 7) is 0.871. The average molecular weight is 285 g/mol. The van der Waals surface area contributed by atoms with Crippen LogP contribution in [0.25, 0.3) is 22.2 Å². The van der Waals surface area contributed by atoms with Crippen LogP contribution in [-0.4, -0.2) is 30.3 Å². The topological polar surface area (TPSA) is 83.4 Å². The van der Waals surface area contributed by atoms with Gasteiger partial charge in [-0.15, -0.1) is 0 Å². The molecular weight excluding hydrogens is 270 g/mol. The third-order valence-electron chi connectivity index (χ3n) is 3.01. The molecule has 6 nitrogen and oxygen atoms in total. The predicted molar refractivity (Wildman–Crippen MR) is 79.0 cm³/mol. The van der Waals surface area contributed by atoms with Crippen molar-refractivity contribution in [2.24, 2.45) is 0 Å². The number of aromatic nitrogens is 2. The van der Waals surface area contributed by atoms with Crippen molar-refractivity contribution in [3.05, 3.63) is 36.6 Å². The molecule has 0 saturated heterocycles. The van der Waals surface area contributed by atoms with Gasteiger partial charge in [0.15, 0.2) is 0 Å². The number of hydrogen-bond donors (Lipinski definition) is 1. The third kappa shape index (κ3) is 2.80. The molecule has 0 spiro atoms. The number of fused-ring (bicyclic) bond motifs is 1. The van der Waals surface area contributed by atoms with E-state index in [9.17, 15) is 0 Å². The molecular formula is C15H15N3O3. The van der Waals surface area contributed by atoms with Crippen molar-refractivity contribution in [3.8, 4) is 17.2 Å². The summed E-state index contributed by atoms with van der Waals surface area (Å²) in [4.78, 5) is 8.37. The molecule has 0 aliphatic rings. The van der Waals surface area contributed by atoms with Crippen LogP contribution >= 0.6 is 0 Å². The Morgan fingerprint density at radius 1 is 1.19 bits per heavy atom. The first-order chi connectivity index (χ1) is 10.3. The molecule has 0 fully saturated rings. The van der Waals surface area contributed by atoms with Crippen LogP contribution < -0.4 is 10.5 Å². The lowest BCUT2D eigenvalue weighted by atomic mass is 10.1. The highest BCUT2D eigenvalue weighted by molar-refractivity contribution is 5.88. The molecule has 108 valence electrons. The van der Waals surface area contributed by atoms with Crippen LogP contribution in [0.1, 0.15) is 0 Å². The molecule has 3 aromatic rings. The highest BCUT2D eigenvalue weighted by atomic mass is 16.5. The molecule has 21 heavy (non-hydrogen) atoms. The lowest BCUT2D eigenvalue weighted by Crippen LogP contribution is -2.07. The van der Waals surface area contributed by atoms with Crippen molar-refractivity contribution in [2.75, 3.05) is 26.1 Å². The summed E-state index contributed by atoms with van der Waals surface area (Å²) in [5, 5.41) is 0.786. The van der Waals surface area contributed by atoms with Gasteiger partial charge in [-0.1, -0.05) is 0 Å². The van der Waals surface area contributed by atoms with E-state index >= 15 is 0 Å². The maximum Gasteiger partial charge on any atom is 0.226 e. The van der Waals surface area contributed by atoms with E-state index in [-0.39, 0.29) is 5.95 Å². The Labute approximate surface area is 121 Å². The van der Waals surface area contributed by atoms with Gasteiger partial charge in [-0.2, -0.15) is 4.98 Å². The smallest absolute Gasteiger partial charge is 0.226 e. The van der Waals surface area contributed by atoms with E-state index in [0.717, 1.165) is 22.2 Å². The average Bonchev–Trinajstić information content (AvgIpc) is 3.01. The Kier molecular flexibility index (Phi) is 3.70. The first-order valence-corrected chi connectivity index (χ1v) is 6.51. The van der Waals surface area contributed by atoms with E-state index in [0.29, 0.717) is 19.1 Å². The normalized spacial score (nSPS) is 10.9. The quantitative estimate of drug-likeness (QED) is 0.725. The molecule has 0 unspecified atom stereocenters. The maximum absolute atomic E-state index is 5.71. The Morgan fingerprint density at radius 3 is 2.86 bits per heavy atom. The molecule has 1 aromatic carbocycles. The molecule has 6 heteroatoms. The number of nitrogens with zero attached hydrogens (tertiary/aromatic N) is 2. The van der Waals surface area contributed by atoms with E-state index in [2.05, 4.69) is 9.97 Å². The number of anilines is 1. The minimum Gasteiger partial charge on any atom is -0.475 e. The van der Waals surface area contributed by atoms with E-state index in [1.54, 1.807) is 13.4 Å². The monoisotopic (exact) mass is 285 g/mol. The molecule has 0 aliphatic heterocycles. The molecule has 0 radical (unpaired) electrons. The van der Waals surface area contributed by atoms with Crippen LogP contribution in [0.4, 0.5) is 5.95 Å². The van der Waals surface area contributed by atoms with E-state index < -0.39 is 0 Å². The van der Waals surface area contributed by atoms with Crippen LogP contribution in [0.5, 0.6) is 5.88 Å². The maximum atomic E-state index is 5.71. The van der Waals surface area contributed by atoms with Crippen molar-refractivity contribution < 1.29 is 13.9 Å². The Morgan fingerprint density at radius 2 is 2.10 bits per heavy atom. The molecule has 0 aliphatic carbocycles. The number of furan rings is 1. The molecule has 2 N–H and O–H groups in total. The van der Waals surface area contributed by atoms with Gasteiger partial charge in [-0.25, -0.2) is 4.98 Å². The molecule has 0 saturated carbocycles. The number of ether oxygens (including phenoxy) is 2. The number of hydrogen-bond acceptors (Lipinski definition) is 6. The van der Waals surface area contributed by atoms with Crippen molar-refractivity contribution in [1.82, 2.24) is 9.97 Å². The van der Waals surface area contributed by atoms with E-state index in [1.807, 2.05) is 30.3 Å². The van der Waals surface area contributed by atoms with Gasteiger partial charge in [0.05, 0.1) is 23.8 Å². The second-order valence-corrected chi connectivity index (χ2v) is 4.44. The van der Waals surface area contributed by atoms with Gasteiger partial charge in [0.1, 0.15) is 12.4 Å². The summed E-state index contributed by atoms with van der Waals surface area (Å²) in [7, 11) is 1.62. The van der Waals surface area contributed by atoms with Gasteiger partial charge >= 0.3 is 0 Å². The highest BCUT2D eigenvalue weighted by Gasteiger charge is 2.10. The lowest BCUT2D eigenvalue weighted by Gasteiger charge is -2.09. The number of nitrogen functional groups attached to an aromatic ring is 1. The van der Waals surface area contributed by atoms with E-state index in [4.69, 9.17) is 19.6 Å². The zero-order valence-electron chi connectivity index (χ0n) is 11.6. The number of methoxy groups -OCH3 is 1. The van der Waals surface area contributed by atoms with E-state index in [1.165, 1.54) is 0 Å². The second-order valence-electron chi connectivity index (χ2n) is 4.44. The minimum atomic E-state index is 0.181. The molecule has 2 aromatic heterocycles. The zero-order valence-corrected chi connectivity index (χ0v) is 11.6. The summed E-state index contributed by atoms with van der Waals surface area (Å²) < 4.78 is 16.0. The summed E-state index contributed by atoms with van der Waals surface area (Å²) in [5.41, 5.74) is 7.36. The van der Waals surface area contributed by atoms with Gasteiger partial charge in [-0.05, 0) is 30.3 Å². The number of rotatable bonds is 5. The Balaban J connectivity index is 2.05.